The van der Waals surface area contributed by atoms with Crippen molar-refractivity contribution in [3.8, 4) is 0 Å². The molecule has 0 spiro atoms. The standard InChI is InChI=1S/C18H20N4O2/c1-11(23)22-10-18(2,3)13-7-15(14(19)8-16(13)22)21-17(24)12-5-4-6-20-9-12/h4-9H,10,19H2,1-3H3,(H,21,24). The maximum absolute atomic E-state index is 12.3. The first kappa shape index (κ1) is 16.0. The molecule has 124 valence electrons. The van der Waals surface area contributed by atoms with E-state index in [2.05, 4.69) is 24.1 Å². The van der Waals surface area contributed by atoms with Crippen molar-refractivity contribution < 1.29 is 9.59 Å². The maximum Gasteiger partial charge on any atom is 0.257 e. The van der Waals surface area contributed by atoms with Gasteiger partial charge in [0.25, 0.3) is 5.91 Å². The van der Waals surface area contributed by atoms with E-state index < -0.39 is 0 Å². The van der Waals surface area contributed by atoms with Crippen molar-refractivity contribution in [2.75, 3.05) is 22.5 Å². The van der Waals surface area contributed by atoms with Crippen LogP contribution in [0.15, 0.2) is 36.7 Å². The molecule has 1 aromatic heterocycles. The minimum atomic E-state index is -0.269. The third-order valence-corrected chi connectivity index (χ3v) is 4.29. The second kappa shape index (κ2) is 5.63. The average Bonchev–Trinajstić information content (AvgIpc) is 2.80. The lowest BCUT2D eigenvalue weighted by Gasteiger charge is -2.19. The van der Waals surface area contributed by atoms with Crippen LogP contribution < -0.4 is 16.0 Å². The summed E-state index contributed by atoms with van der Waals surface area (Å²) in [6, 6.07) is 7.01. The van der Waals surface area contributed by atoms with Crippen LogP contribution in [-0.4, -0.2) is 23.3 Å². The van der Waals surface area contributed by atoms with E-state index in [0.717, 1.165) is 11.3 Å². The Balaban J connectivity index is 1.97. The SMILES string of the molecule is CC(=O)N1CC(C)(C)c2cc(NC(=O)c3cccnc3)c(N)cc21. The largest absolute Gasteiger partial charge is 0.397 e. The molecular weight excluding hydrogens is 304 g/mol. The zero-order valence-corrected chi connectivity index (χ0v) is 14.0. The zero-order chi connectivity index (χ0) is 17.5. The van der Waals surface area contributed by atoms with Crippen molar-refractivity contribution in [1.82, 2.24) is 4.98 Å². The van der Waals surface area contributed by atoms with E-state index >= 15 is 0 Å². The summed E-state index contributed by atoms with van der Waals surface area (Å²) in [6.07, 6.45) is 3.11. The number of nitrogen functional groups attached to an aromatic ring is 1. The van der Waals surface area contributed by atoms with Gasteiger partial charge in [0.1, 0.15) is 0 Å². The molecule has 0 radical (unpaired) electrons. The number of anilines is 3. The molecule has 24 heavy (non-hydrogen) atoms. The van der Waals surface area contributed by atoms with E-state index in [1.54, 1.807) is 36.2 Å². The summed E-state index contributed by atoms with van der Waals surface area (Å²) in [5, 5.41) is 2.83. The topological polar surface area (TPSA) is 88.3 Å². The molecule has 1 aromatic carbocycles. The molecule has 0 bridgehead atoms. The molecule has 0 fully saturated rings. The van der Waals surface area contributed by atoms with Gasteiger partial charge in [-0.3, -0.25) is 14.6 Å². The highest BCUT2D eigenvalue weighted by atomic mass is 16.2. The Morgan fingerprint density at radius 2 is 2.08 bits per heavy atom. The first-order chi connectivity index (χ1) is 11.3. The number of rotatable bonds is 2. The summed E-state index contributed by atoms with van der Waals surface area (Å²) in [5.41, 5.74) is 9.13. The van der Waals surface area contributed by atoms with Crippen LogP contribution in [0.4, 0.5) is 17.1 Å². The van der Waals surface area contributed by atoms with Gasteiger partial charge in [0, 0.05) is 37.0 Å². The lowest BCUT2D eigenvalue weighted by Crippen LogP contribution is -2.31. The van der Waals surface area contributed by atoms with Crippen LogP contribution in [0.5, 0.6) is 0 Å². The molecule has 6 heteroatoms. The third kappa shape index (κ3) is 2.71. The van der Waals surface area contributed by atoms with Gasteiger partial charge >= 0.3 is 0 Å². The molecule has 3 N–H and O–H groups in total. The highest BCUT2D eigenvalue weighted by molar-refractivity contribution is 6.06. The molecule has 2 heterocycles. The van der Waals surface area contributed by atoms with Gasteiger partial charge in [-0.05, 0) is 29.8 Å². The molecule has 0 aliphatic carbocycles. The fourth-order valence-corrected chi connectivity index (χ4v) is 3.02. The number of fused-ring (bicyclic) bond motifs is 1. The van der Waals surface area contributed by atoms with E-state index in [1.165, 1.54) is 6.20 Å². The predicted octanol–water partition coefficient (Wildman–Crippen LogP) is 2.56. The molecule has 0 atom stereocenters. The second-order valence-electron chi connectivity index (χ2n) is 6.64. The quantitative estimate of drug-likeness (QED) is 0.831. The number of carbonyl (C=O) groups is 2. The summed E-state index contributed by atoms with van der Waals surface area (Å²) >= 11 is 0. The van der Waals surface area contributed by atoms with Crippen LogP contribution in [0.25, 0.3) is 0 Å². The molecule has 0 unspecified atom stereocenters. The van der Waals surface area contributed by atoms with Gasteiger partial charge in [0.15, 0.2) is 0 Å². The molecule has 1 aliphatic heterocycles. The van der Waals surface area contributed by atoms with Crippen molar-refractivity contribution in [2.24, 2.45) is 0 Å². The molecule has 2 amide bonds. The molecule has 0 saturated heterocycles. The Labute approximate surface area is 140 Å². The maximum atomic E-state index is 12.3. The summed E-state index contributed by atoms with van der Waals surface area (Å²) in [5.74, 6) is -0.289. The number of nitrogens with zero attached hydrogens (tertiary/aromatic N) is 2. The predicted molar refractivity (Wildman–Crippen MR) is 94.1 cm³/mol. The number of benzene rings is 1. The number of aromatic nitrogens is 1. The van der Waals surface area contributed by atoms with E-state index in [9.17, 15) is 9.59 Å². The number of nitrogens with two attached hydrogens (primary N) is 1. The van der Waals surface area contributed by atoms with Crippen LogP contribution in [0.2, 0.25) is 0 Å². The van der Waals surface area contributed by atoms with Gasteiger partial charge in [0.05, 0.1) is 16.9 Å². The molecule has 2 aromatic rings. The third-order valence-electron chi connectivity index (χ3n) is 4.29. The van der Waals surface area contributed by atoms with Gasteiger partial charge in [-0.15, -0.1) is 0 Å². The number of hydrogen-bond donors (Lipinski definition) is 2. The Morgan fingerprint density at radius 3 is 2.71 bits per heavy atom. The molecular formula is C18H20N4O2. The Bertz CT molecular complexity index is 815. The van der Waals surface area contributed by atoms with Crippen molar-refractivity contribution in [2.45, 2.75) is 26.2 Å². The van der Waals surface area contributed by atoms with Crippen LogP contribution in [-0.2, 0) is 10.2 Å². The van der Waals surface area contributed by atoms with E-state index in [0.29, 0.717) is 23.5 Å². The molecule has 0 saturated carbocycles. The highest BCUT2D eigenvalue weighted by Gasteiger charge is 2.37. The fourth-order valence-electron chi connectivity index (χ4n) is 3.02. The minimum Gasteiger partial charge on any atom is -0.397 e. The minimum absolute atomic E-state index is 0.0200. The molecule has 1 aliphatic rings. The van der Waals surface area contributed by atoms with Gasteiger partial charge in [-0.2, -0.15) is 0 Å². The van der Waals surface area contributed by atoms with Crippen molar-refractivity contribution in [3.63, 3.8) is 0 Å². The summed E-state index contributed by atoms with van der Waals surface area (Å²) in [7, 11) is 0. The van der Waals surface area contributed by atoms with Gasteiger partial charge < -0.3 is 16.0 Å². The van der Waals surface area contributed by atoms with Crippen molar-refractivity contribution in [3.05, 3.63) is 47.8 Å². The highest BCUT2D eigenvalue weighted by Crippen LogP contribution is 2.44. The summed E-state index contributed by atoms with van der Waals surface area (Å²) in [6.45, 7) is 6.27. The fraction of sp³-hybridized carbons (Fsp3) is 0.278. The normalized spacial score (nSPS) is 15.0. The van der Waals surface area contributed by atoms with Crippen LogP contribution in [0.1, 0.15) is 36.7 Å². The van der Waals surface area contributed by atoms with Gasteiger partial charge in [-0.1, -0.05) is 13.8 Å². The van der Waals surface area contributed by atoms with Crippen LogP contribution in [0.3, 0.4) is 0 Å². The number of carbonyl (C=O) groups excluding carboxylic acids is 2. The second-order valence-corrected chi connectivity index (χ2v) is 6.64. The number of pyridine rings is 1. The van der Waals surface area contributed by atoms with Crippen molar-refractivity contribution in [1.29, 1.82) is 0 Å². The molecule has 6 nitrogen and oxygen atoms in total. The number of hydrogen-bond acceptors (Lipinski definition) is 4. The Morgan fingerprint density at radius 1 is 1.33 bits per heavy atom. The Hall–Kier alpha value is -2.89. The van der Waals surface area contributed by atoms with E-state index in [4.69, 9.17) is 5.73 Å². The first-order valence-electron chi connectivity index (χ1n) is 7.73. The first-order valence-corrected chi connectivity index (χ1v) is 7.73. The van der Waals surface area contributed by atoms with E-state index in [-0.39, 0.29) is 17.2 Å². The summed E-state index contributed by atoms with van der Waals surface area (Å²) in [4.78, 5) is 29.9. The van der Waals surface area contributed by atoms with Crippen molar-refractivity contribution >= 4 is 28.9 Å². The van der Waals surface area contributed by atoms with Gasteiger partial charge in [0.2, 0.25) is 5.91 Å². The molecule has 3 rings (SSSR count). The number of nitrogens with one attached hydrogen (secondary N) is 1. The zero-order valence-electron chi connectivity index (χ0n) is 14.0. The summed E-state index contributed by atoms with van der Waals surface area (Å²) < 4.78 is 0. The van der Waals surface area contributed by atoms with E-state index in [1.807, 2.05) is 6.07 Å². The average molecular weight is 324 g/mol. The number of amides is 2. The van der Waals surface area contributed by atoms with Gasteiger partial charge in [-0.25, -0.2) is 0 Å². The lowest BCUT2D eigenvalue weighted by atomic mass is 9.86. The monoisotopic (exact) mass is 324 g/mol. The van der Waals surface area contributed by atoms with Crippen LogP contribution >= 0.6 is 0 Å². The Kier molecular flexibility index (Phi) is 3.75. The smallest absolute Gasteiger partial charge is 0.257 e. The van der Waals surface area contributed by atoms with Crippen LogP contribution in [0, 0.1) is 0 Å². The lowest BCUT2D eigenvalue weighted by molar-refractivity contribution is -0.116.